The van der Waals surface area contributed by atoms with Crippen molar-refractivity contribution >= 4 is 23.8 Å². The smallest absolute Gasteiger partial charge is 0.145 e. The second-order valence-corrected chi connectivity index (χ2v) is 14.5. The highest BCUT2D eigenvalue weighted by Gasteiger charge is 2.21. The zero-order valence-electron chi connectivity index (χ0n) is 29.5. The molecule has 7 heteroatoms. The molecule has 256 valence electrons. The predicted octanol–water partition coefficient (Wildman–Crippen LogP) is 9.32. The lowest BCUT2D eigenvalue weighted by atomic mass is 9.82. The summed E-state index contributed by atoms with van der Waals surface area (Å²) in [5.74, 6) is 1.55. The summed E-state index contributed by atoms with van der Waals surface area (Å²) in [5.41, 5.74) is 6.65. The summed E-state index contributed by atoms with van der Waals surface area (Å²) in [6.07, 6.45) is 4.22. The minimum atomic E-state index is -0.173. The zero-order chi connectivity index (χ0) is 35.2. The third kappa shape index (κ3) is 9.18. The van der Waals surface area contributed by atoms with Crippen LogP contribution >= 0.6 is 0 Å². The van der Waals surface area contributed by atoms with Gasteiger partial charge in [-0.3, -0.25) is 9.98 Å². The van der Waals surface area contributed by atoms with Crippen LogP contribution in [0.4, 0.5) is 11.4 Å². The van der Waals surface area contributed by atoms with Crippen LogP contribution in [0, 0.1) is 0 Å². The molecule has 0 aliphatic carbocycles. The fourth-order valence-corrected chi connectivity index (χ4v) is 5.54. The molecular formula is C42H48N2O5. The molecule has 0 unspecified atom stereocenters. The molecule has 1 heterocycles. The number of hydrogen-bond donors (Lipinski definition) is 2. The van der Waals surface area contributed by atoms with Crippen molar-refractivity contribution in [2.24, 2.45) is 9.98 Å². The second-order valence-electron chi connectivity index (χ2n) is 14.5. The SMILES string of the molecule is C=C1Cc2cc(C(C)(C)C)cc(c2O)C=Nc2ccccc2OCCOCCOc2ccccc2N=Cc2cc(C(C)(C)C)cc(c2O)C1. The quantitative estimate of drug-likeness (QED) is 0.183. The van der Waals surface area contributed by atoms with Gasteiger partial charge in [-0.1, -0.05) is 90.1 Å². The van der Waals surface area contributed by atoms with E-state index >= 15 is 0 Å². The number of fused-ring (bicyclic) bond motifs is 6. The first-order valence-corrected chi connectivity index (χ1v) is 16.8. The number of aliphatic imine (C=N–C) groups is 2. The van der Waals surface area contributed by atoms with E-state index in [9.17, 15) is 10.2 Å². The third-order valence-corrected chi connectivity index (χ3v) is 8.44. The molecule has 0 saturated heterocycles. The van der Waals surface area contributed by atoms with Gasteiger partial charge < -0.3 is 24.4 Å². The van der Waals surface area contributed by atoms with Crippen LogP contribution in [0.2, 0.25) is 0 Å². The summed E-state index contributed by atoms with van der Waals surface area (Å²) in [5, 5.41) is 23.1. The van der Waals surface area contributed by atoms with E-state index in [1.54, 1.807) is 12.4 Å². The van der Waals surface area contributed by atoms with Gasteiger partial charge in [-0.25, -0.2) is 0 Å². The Balaban J connectivity index is 1.57. The fraction of sp³-hybridized carbons (Fsp3) is 0.333. The van der Waals surface area contributed by atoms with E-state index in [0.717, 1.165) is 27.8 Å². The maximum atomic E-state index is 11.5. The summed E-state index contributed by atoms with van der Waals surface area (Å²) < 4.78 is 17.8. The van der Waals surface area contributed by atoms with Crippen molar-refractivity contribution in [3.8, 4) is 23.0 Å². The fourth-order valence-electron chi connectivity index (χ4n) is 5.54. The molecule has 5 rings (SSSR count). The van der Waals surface area contributed by atoms with E-state index in [0.29, 0.717) is 73.3 Å². The van der Waals surface area contributed by atoms with Gasteiger partial charge in [0, 0.05) is 23.6 Å². The predicted molar refractivity (Wildman–Crippen MR) is 199 cm³/mol. The maximum Gasteiger partial charge on any atom is 0.145 e. The number of aromatic hydroxyl groups is 2. The molecule has 49 heavy (non-hydrogen) atoms. The van der Waals surface area contributed by atoms with Gasteiger partial charge in [0.2, 0.25) is 0 Å². The Labute approximate surface area is 290 Å². The molecule has 4 aromatic rings. The summed E-state index contributed by atoms with van der Waals surface area (Å²) in [6.45, 7) is 18.7. The third-order valence-electron chi connectivity index (χ3n) is 8.44. The van der Waals surface area contributed by atoms with E-state index in [1.807, 2.05) is 72.8 Å². The number of ether oxygens (including phenoxy) is 3. The number of phenolic OH excluding ortho intramolecular Hbond substituents is 2. The molecule has 2 N–H and O–H groups in total. The monoisotopic (exact) mass is 660 g/mol. The molecule has 0 radical (unpaired) electrons. The highest BCUT2D eigenvalue weighted by molar-refractivity contribution is 5.88. The number of rotatable bonds is 0. The number of benzene rings is 4. The lowest BCUT2D eigenvalue weighted by molar-refractivity contribution is 0.0767. The standard InChI is InChI=1S/C42H48N2O5/c1-28-20-29-22-33(41(2,3)4)24-31(39(29)45)26-43-35-12-8-10-14-37(35)48-18-16-47-17-19-49-38-15-11-9-13-36(38)44-27-32-25-34(42(5,6)7)23-30(21-28)40(32)46/h8-15,22-27,45-46H,1,16-21H2,2-7H3. The molecular weight excluding hydrogens is 612 g/mol. The number of phenols is 2. The first kappa shape index (κ1) is 35.4. The Kier molecular flexibility index (Phi) is 10.9. The first-order valence-electron chi connectivity index (χ1n) is 16.8. The molecule has 4 aromatic carbocycles. The summed E-state index contributed by atoms with van der Waals surface area (Å²) >= 11 is 0. The summed E-state index contributed by atoms with van der Waals surface area (Å²) in [4.78, 5) is 9.48. The van der Waals surface area contributed by atoms with Gasteiger partial charge in [-0.15, -0.1) is 0 Å². The Morgan fingerprint density at radius 3 is 1.41 bits per heavy atom. The topological polar surface area (TPSA) is 92.9 Å². The average molecular weight is 661 g/mol. The lowest BCUT2D eigenvalue weighted by Crippen LogP contribution is -2.13. The minimum absolute atomic E-state index is 0.153. The molecule has 1 aliphatic rings. The summed E-state index contributed by atoms with van der Waals surface area (Å²) in [7, 11) is 0. The van der Waals surface area contributed by atoms with Crippen LogP contribution in [0.1, 0.15) is 74.9 Å². The number of allylic oxidation sites excluding steroid dienone is 1. The Bertz CT molecular complexity index is 1730. The van der Waals surface area contributed by atoms with Crippen LogP contribution in [0.5, 0.6) is 23.0 Å². The maximum absolute atomic E-state index is 11.5. The number of hydrogen-bond acceptors (Lipinski definition) is 7. The molecule has 0 aromatic heterocycles. The minimum Gasteiger partial charge on any atom is -0.507 e. The van der Waals surface area contributed by atoms with E-state index in [1.165, 1.54) is 0 Å². The highest BCUT2D eigenvalue weighted by atomic mass is 16.5. The van der Waals surface area contributed by atoms with Crippen molar-refractivity contribution in [2.45, 2.75) is 65.2 Å². The Morgan fingerprint density at radius 1 is 0.592 bits per heavy atom. The molecule has 1 aliphatic heterocycles. The van der Waals surface area contributed by atoms with Gasteiger partial charge in [0.05, 0.1) is 13.2 Å². The lowest BCUT2D eigenvalue weighted by Gasteiger charge is -2.23. The molecule has 7 nitrogen and oxygen atoms in total. The first-order chi connectivity index (χ1) is 23.3. The molecule has 0 atom stereocenters. The molecule has 0 spiro atoms. The van der Waals surface area contributed by atoms with Crippen molar-refractivity contribution < 1.29 is 24.4 Å². The van der Waals surface area contributed by atoms with Crippen LogP contribution in [-0.4, -0.2) is 49.1 Å². The normalized spacial score (nSPS) is 14.9. The van der Waals surface area contributed by atoms with Crippen LogP contribution in [-0.2, 0) is 28.4 Å². The van der Waals surface area contributed by atoms with Crippen molar-refractivity contribution in [1.82, 2.24) is 0 Å². The van der Waals surface area contributed by atoms with Crippen molar-refractivity contribution in [2.75, 3.05) is 26.4 Å². The number of para-hydroxylation sites is 4. The van der Waals surface area contributed by atoms with E-state index in [2.05, 4.69) is 48.1 Å². The van der Waals surface area contributed by atoms with Gasteiger partial charge >= 0.3 is 0 Å². The van der Waals surface area contributed by atoms with Crippen LogP contribution in [0.3, 0.4) is 0 Å². The van der Waals surface area contributed by atoms with E-state index in [4.69, 9.17) is 24.2 Å². The van der Waals surface area contributed by atoms with Crippen LogP contribution in [0.15, 0.2) is 94.9 Å². The van der Waals surface area contributed by atoms with Crippen molar-refractivity contribution in [1.29, 1.82) is 0 Å². The Hall–Kier alpha value is -4.88. The second kappa shape index (κ2) is 15.1. The van der Waals surface area contributed by atoms with Gasteiger partial charge in [-0.05, 0) is 82.3 Å². The average Bonchev–Trinajstić information content (AvgIpc) is 3.04. The molecule has 0 amide bonds. The van der Waals surface area contributed by atoms with E-state index in [-0.39, 0.29) is 22.3 Å². The van der Waals surface area contributed by atoms with Gasteiger partial charge in [-0.2, -0.15) is 0 Å². The Morgan fingerprint density at radius 2 is 1.00 bits per heavy atom. The molecule has 0 fully saturated rings. The van der Waals surface area contributed by atoms with Gasteiger partial charge in [0.25, 0.3) is 0 Å². The largest absolute Gasteiger partial charge is 0.507 e. The van der Waals surface area contributed by atoms with Crippen LogP contribution < -0.4 is 9.47 Å². The van der Waals surface area contributed by atoms with Gasteiger partial charge in [0.15, 0.2) is 0 Å². The van der Waals surface area contributed by atoms with E-state index < -0.39 is 0 Å². The molecule has 4 bridgehead atoms. The van der Waals surface area contributed by atoms with Crippen molar-refractivity contribution in [3.63, 3.8) is 0 Å². The van der Waals surface area contributed by atoms with Gasteiger partial charge in [0.1, 0.15) is 47.6 Å². The van der Waals surface area contributed by atoms with Crippen molar-refractivity contribution in [3.05, 3.63) is 118 Å². The highest BCUT2D eigenvalue weighted by Crippen LogP contribution is 2.36. The summed E-state index contributed by atoms with van der Waals surface area (Å²) in [6, 6.07) is 23.2. The van der Waals surface area contributed by atoms with Crippen LogP contribution in [0.25, 0.3) is 0 Å². The number of nitrogens with zero attached hydrogens (tertiary/aromatic N) is 2. The zero-order valence-corrected chi connectivity index (χ0v) is 29.5. The molecule has 0 saturated carbocycles.